The molecular formula is C13H9Cl2N3O4. The molecule has 7 nitrogen and oxygen atoms in total. The van der Waals surface area contributed by atoms with E-state index in [1.54, 1.807) is 6.07 Å². The van der Waals surface area contributed by atoms with E-state index in [1.807, 2.05) is 0 Å². The standard InChI is InChI=1S/C13H9Cl2N3O4/c14-10-3-1-8(5-11(10)15)16-12(19)7-17-6-9(18(21)22)2-4-13(17)20/h1-6H,7H2,(H,16,19). The van der Waals surface area contributed by atoms with Crippen LogP contribution < -0.4 is 10.9 Å². The number of hydrogen-bond acceptors (Lipinski definition) is 4. The average Bonchev–Trinajstić information content (AvgIpc) is 2.45. The van der Waals surface area contributed by atoms with Gasteiger partial charge in [0.1, 0.15) is 6.54 Å². The number of nitrogens with zero attached hydrogens (tertiary/aromatic N) is 2. The lowest BCUT2D eigenvalue weighted by Gasteiger charge is -2.08. The second kappa shape index (κ2) is 6.59. The van der Waals surface area contributed by atoms with Crippen LogP contribution in [0.2, 0.25) is 10.0 Å². The minimum Gasteiger partial charge on any atom is -0.324 e. The Balaban J connectivity index is 2.15. The molecule has 2 aromatic rings. The molecule has 9 heteroatoms. The fraction of sp³-hybridized carbons (Fsp3) is 0.0769. The summed E-state index contributed by atoms with van der Waals surface area (Å²) < 4.78 is 0.949. The Hall–Kier alpha value is -2.38. The van der Waals surface area contributed by atoms with E-state index in [0.29, 0.717) is 10.7 Å². The third-order valence-corrected chi connectivity index (χ3v) is 3.44. The number of hydrogen-bond donors (Lipinski definition) is 1. The summed E-state index contributed by atoms with van der Waals surface area (Å²) in [6, 6.07) is 6.62. The SMILES string of the molecule is O=C(Cn1cc([N+](=O)[O-])ccc1=O)Nc1ccc(Cl)c(Cl)c1. The zero-order valence-electron chi connectivity index (χ0n) is 11.0. The summed E-state index contributed by atoms with van der Waals surface area (Å²) in [6.45, 7) is -0.360. The quantitative estimate of drug-likeness (QED) is 0.683. The topological polar surface area (TPSA) is 94.2 Å². The van der Waals surface area contributed by atoms with E-state index in [9.17, 15) is 19.7 Å². The maximum absolute atomic E-state index is 11.9. The first-order valence-corrected chi connectivity index (χ1v) is 6.72. The second-order valence-corrected chi connectivity index (χ2v) is 5.10. The molecule has 0 saturated heterocycles. The number of rotatable bonds is 4. The smallest absolute Gasteiger partial charge is 0.285 e. The highest BCUT2D eigenvalue weighted by molar-refractivity contribution is 6.42. The normalized spacial score (nSPS) is 10.3. The molecule has 1 heterocycles. The average molecular weight is 342 g/mol. The van der Waals surface area contributed by atoms with Crippen molar-refractivity contribution in [3.05, 3.63) is 67.0 Å². The first kappa shape index (κ1) is 16.0. The third-order valence-electron chi connectivity index (χ3n) is 2.70. The summed E-state index contributed by atoms with van der Waals surface area (Å²) in [4.78, 5) is 33.5. The highest BCUT2D eigenvalue weighted by Crippen LogP contribution is 2.24. The van der Waals surface area contributed by atoms with Gasteiger partial charge in [0, 0.05) is 17.8 Å². The minimum atomic E-state index is -0.646. The van der Waals surface area contributed by atoms with Gasteiger partial charge in [0.2, 0.25) is 5.91 Å². The van der Waals surface area contributed by atoms with Gasteiger partial charge >= 0.3 is 0 Å². The van der Waals surface area contributed by atoms with Gasteiger partial charge in [-0.2, -0.15) is 0 Å². The molecule has 1 N–H and O–H groups in total. The lowest BCUT2D eigenvalue weighted by Crippen LogP contribution is -2.26. The van der Waals surface area contributed by atoms with E-state index in [1.165, 1.54) is 12.1 Å². The highest BCUT2D eigenvalue weighted by atomic mass is 35.5. The predicted molar refractivity (Wildman–Crippen MR) is 82.4 cm³/mol. The van der Waals surface area contributed by atoms with E-state index in [2.05, 4.69) is 5.32 Å². The van der Waals surface area contributed by atoms with E-state index in [4.69, 9.17) is 23.2 Å². The van der Waals surface area contributed by atoms with Crippen molar-refractivity contribution in [1.82, 2.24) is 4.57 Å². The van der Waals surface area contributed by atoms with E-state index < -0.39 is 16.4 Å². The maximum atomic E-state index is 11.9. The largest absolute Gasteiger partial charge is 0.324 e. The molecule has 0 unspecified atom stereocenters. The lowest BCUT2D eigenvalue weighted by atomic mass is 10.3. The van der Waals surface area contributed by atoms with Crippen LogP contribution in [0.3, 0.4) is 0 Å². The van der Waals surface area contributed by atoms with Crippen molar-refractivity contribution < 1.29 is 9.72 Å². The highest BCUT2D eigenvalue weighted by Gasteiger charge is 2.11. The number of halogens is 2. The van der Waals surface area contributed by atoms with E-state index >= 15 is 0 Å². The summed E-state index contributed by atoms with van der Waals surface area (Å²) >= 11 is 11.6. The number of nitrogens with one attached hydrogen (secondary N) is 1. The van der Waals surface area contributed by atoms with Gasteiger partial charge in [0.15, 0.2) is 0 Å². The number of pyridine rings is 1. The van der Waals surface area contributed by atoms with E-state index in [-0.39, 0.29) is 17.3 Å². The van der Waals surface area contributed by atoms with Gasteiger partial charge < -0.3 is 5.32 Å². The molecule has 0 bridgehead atoms. The van der Waals surface area contributed by atoms with Gasteiger partial charge in [-0.25, -0.2) is 0 Å². The summed E-state index contributed by atoms with van der Waals surface area (Å²) in [6.07, 6.45) is 1.01. The van der Waals surface area contributed by atoms with Gasteiger partial charge in [-0.05, 0) is 18.2 Å². The Morgan fingerprint density at radius 3 is 2.59 bits per heavy atom. The molecule has 0 aliphatic heterocycles. The fourth-order valence-electron chi connectivity index (χ4n) is 1.68. The molecule has 0 atom stereocenters. The summed E-state index contributed by atoms with van der Waals surface area (Å²) in [7, 11) is 0. The molecule has 0 spiro atoms. The van der Waals surface area contributed by atoms with Crippen LogP contribution in [0.1, 0.15) is 0 Å². The van der Waals surface area contributed by atoms with Crippen LogP contribution in [0.25, 0.3) is 0 Å². The number of benzene rings is 1. The molecule has 1 aromatic carbocycles. The van der Waals surface area contributed by atoms with E-state index in [0.717, 1.165) is 22.9 Å². The Kier molecular flexibility index (Phi) is 4.79. The van der Waals surface area contributed by atoms with Crippen molar-refractivity contribution in [3.63, 3.8) is 0 Å². The van der Waals surface area contributed by atoms with Crippen molar-refractivity contribution in [2.75, 3.05) is 5.32 Å². The molecule has 0 fully saturated rings. The molecule has 0 aliphatic rings. The van der Waals surface area contributed by atoms with Crippen molar-refractivity contribution in [2.45, 2.75) is 6.54 Å². The number of nitro groups is 1. The molecule has 0 radical (unpaired) electrons. The van der Waals surface area contributed by atoms with Crippen LogP contribution in [0, 0.1) is 10.1 Å². The number of carbonyl (C=O) groups is 1. The van der Waals surface area contributed by atoms with Crippen LogP contribution in [0.5, 0.6) is 0 Å². The Morgan fingerprint density at radius 1 is 1.23 bits per heavy atom. The molecular weight excluding hydrogens is 333 g/mol. The van der Waals surface area contributed by atoms with Crippen LogP contribution in [0.15, 0.2) is 41.3 Å². The second-order valence-electron chi connectivity index (χ2n) is 4.29. The van der Waals surface area contributed by atoms with Gasteiger partial charge in [0.05, 0.1) is 21.2 Å². The van der Waals surface area contributed by atoms with Crippen LogP contribution in [-0.4, -0.2) is 15.4 Å². The van der Waals surface area contributed by atoms with Crippen molar-refractivity contribution in [2.24, 2.45) is 0 Å². The third kappa shape index (κ3) is 3.84. The van der Waals surface area contributed by atoms with Gasteiger partial charge in [-0.15, -0.1) is 0 Å². The molecule has 1 aromatic heterocycles. The van der Waals surface area contributed by atoms with Crippen molar-refractivity contribution in [1.29, 1.82) is 0 Å². The van der Waals surface area contributed by atoms with Crippen LogP contribution >= 0.6 is 23.2 Å². The van der Waals surface area contributed by atoms with Gasteiger partial charge in [-0.3, -0.25) is 24.3 Å². The first-order chi connectivity index (χ1) is 10.4. The number of amides is 1. The van der Waals surface area contributed by atoms with Crippen LogP contribution in [-0.2, 0) is 11.3 Å². The molecule has 0 aliphatic carbocycles. The summed E-state index contributed by atoms with van der Waals surface area (Å²) in [5.41, 5.74) is -0.394. The zero-order valence-corrected chi connectivity index (χ0v) is 12.5. The first-order valence-electron chi connectivity index (χ1n) is 5.96. The monoisotopic (exact) mass is 341 g/mol. The number of anilines is 1. The summed E-state index contributed by atoms with van der Waals surface area (Å²) in [5, 5.41) is 13.8. The fourth-order valence-corrected chi connectivity index (χ4v) is 1.98. The Labute approximate surface area is 134 Å². The maximum Gasteiger partial charge on any atom is 0.285 e. The van der Waals surface area contributed by atoms with Gasteiger partial charge in [-0.1, -0.05) is 23.2 Å². The molecule has 22 heavy (non-hydrogen) atoms. The van der Waals surface area contributed by atoms with Crippen LogP contribution in [0.4, 0.5) is 11.4 Å². The number of aromatic nitrogens is 1. The molecule has 2 rings (SSSR count). The summed E-state index contributed by atoms with van der Waals surface area (Å²) in [5.74, 6) is -0.527. The van der Waals surface area contributed by atoms with Crippen molar-refractivity contribution in [3.8, 4) is 0 Å². The zero-order chi connectivity index (χ0) is 16.3. The Morgan fingerprint density at radius 2 is 1.95 bits per heavy atom. The lowest BCUT2D eigenvalue weighted by molar-refractivity contribution is -0.385. The molecule has 0 saturated carbocycles. The Bertz CT molecular complexity index is 804. The minimum absolute atomic E-state index is 0.270. The van der Waals surface area contributed by atoms with Crippen molar-refractivity contribution >= 4 is 40.5 Å². The molecule has 114 valence electrons. The van der Waals surface area contributed by atoms with Gasteiger partial charge in [0.25, 0.3) is 11.2 Å². The predicted octanol–water partition coefficient (Wildman–Crippen LogP) is 2.70. The number of carbonyl (C=O) groups excluding carboxylic acids is 1. The molecule has 1 amide bonds.